The molecule has 0 aliphatic rings. The Morgan fingerprint density at radius 3 is 2.50 bits per heavy atom. The number of rotatable bonds is 5. The van der Waals surface area contributed by atoms with Crippen molar-refractivity contribution in [1.29, 1.82) is 5.26 Å². The Kier molecular flexibility index (Phi) is 4.87. The number of hydrogen-bond acceptors (Lipinski definition) is 6. The van der Waals surface area contributed by atoms with Crippen LogP contribution < -0.4 is 4.74 Å². The molecule has 0 aliphatic heterocycles. The third-order valence-corrected chi connectivity index (χ3v) is 3.20. The van der Waals surface area contributed by atoms with Gasteiger partial charge in [-0.15, -0.1) is 0 Å². The van der Waals surface area contributed by atoms with Crippen LogP contribution in [-0.4, -0.2) is 17.0 Å². The van der Waals surface area contributed by atoms with Gasteiger partial charge in [-0.2, -0.15) is 5.26 Å². The molecule has 0 saturated heterocycles. The van der Waals surface area contributed by atoms with Crippen molar-refractivity contribution < 1.29 is 14.6 Å². The molecule has 0 atom stereocenters. The zero-order valence-corrected chi connectivity index (χ0v) is 12.5. The van der Waals surface area contributed by atoms with Crippen molar-refractivity contribution in [1.82, 2.24) is 0 Å². The molecule has 0 radical (unpaired) electrons. The van der Waals surface area contributed by atoms with Gasteiger partial charge >= 0.3 is 5.69 Å². The van der Waals surface area contributed by atoms with Gasteiger partial charge in [-0.25, -0.2) is 0 Å². The van der Waals surface area contributed by atoms with E-state index in [1.807, 2.05) is 6.07 Å². The minimum absolute atomic E-state index is 0.103. The Morgan fingerprint density at radius 2 is 1.92 bits per heavy atom. The van der Waals surface area contributed by atoms with E-state index in [2.05, 4.69) is 0 Å². The van der Waals surface area contributed by atoms with Gasteiger partial charge in [0.2, 0.25) is 0 Å². The summed E-state index contributed by atoms with van der Waals surface area (Å²) in [6.45, 7) is 0. The maximum Gasteiger partial charge on any atom is 0.311 e. The van der Waals surface area contributed by atoms with Crippen molar-refractivity contribution in [2.75, 3.05) is 7.11 Å². The summed E-state index contributed by atoms with van der Waals surface area (Å²) in [5.41, 5.74) is 0.533. The minimum Gasteiger partial charge on any atom is -0.490 e. The van der Waals surface area contributed by atoms with Crippen LogP contribution in [-0.2, 0) is 0 Å². The molecule has 2 rings (SSSR count). The van der Waals surface area contributed by atoms with Crippen LogP contribution in [0, 0.1) is 31.6 Å². The monoisotopic (exact) mass is 325 g/mol. The lowest BCUT2D eigenvalue weighted by Crippen LogP contribution is -1.94. The van der Waals surface area contributed by atoms with Crippen LogP contribution in [0.15, 0.2) is 42.5 Å². The lowest BCUT2D eigenvalue weighted by molar-refractivity contribution is -0.385. The normalized spacial score (nSPS) is 10.8. The first-order valence-corrected chi connectivity index (χ1v) is 6.65. The van der Waals surface area contributed by atoms with Gasteiger partial charge in [0.05, 0.1) is 28.6 Å². The van der Waals surface area contributed by atoms with Crippen molar-refractivity contribution in [2.45, 2.75) is 0 Å². The number of allylic oxidation sites excluding steroid dienone is 1. The molecule has 8 heteroatoms. The van der Waals surface area contributed by atoms with Crippen molar-refractivity contribution in [3.63, 3.8) is 0 Å². The summed E-state index contributed by atoms with van der Waals surface area (Å²) in [5.74, 6) is 0.103. The predicted molar refractivity (Wildman–Crippen MR) is 86.2 cm³/mol. The number of methoxy groups -OCH3 is 1. The summed E-state index contributed by atoms with van der Waals surface area (Å²) < 4.78 is 4.92. The molecule has 0 N–H and O–H groups in total. The minimum atomic E-state index is -0.588. The van der Waals surface area contributed by atoms with E-state index < -0.39 is 9.85 Å². The SMILES string of the molecule is COc1ccc(C=C(C#N)c2cccc([N+](=O)[O-])c2)cc1[N+](=O)[O-]. The predicted octanol–water partition coefficient (Wildman–Crippen LogP) is 3.58. The average molecular weight is 325 g/mol. The van der Waals surface area contributed by atoms with E-state index in [1.165, 1.54) is 43.5 Å². The van der Waals surface area contributed by atoms with Crippen LogP contribution in [0.3, 0.4) is 0 Å². The van der Waals surface area contributed by atoms with Gasteiger partial charge < -0.3 is 4.74 Å². The van der Waals surface area contributed by atoms with Gasteiger partial charge in [0.1, 0.15) is 0 Å². The molecule has 0 unspecified atom stereocenters. The quantitative estimate of drug-likeness (QED) is 0.358. The van der Waals surface area contributed by atoms with Crippen LogP contribution >= 0.6 is 0 Å². The van der Waals surface area contributed by atoms with Gasteiger partial charge in [-0.1, -0.05) is 18.2 Å². The number of hydrogen-bond donors (Lipinski definition) is 0. The van der Waals surface area contributed by atoms with E-state index >= 15 is 0 Å². The molecule has 0 bridgehead atoms. The summed E-state index contributed by atoms with van der Waals surface area (Å²) in [4.78, 5) is 20.7. The standard InChI is InChI=1S/C16H11N3O5/c1-24-16-6-5-11(8-15(16)19(22)23)7-13(10-17)12-3-2-4-14(9-12)18(20)21/h2-9H,1H3. The number of benzene rings is 2. The van der Waals surface area contributed by atoms with Crippen LogP contribution in [0.2, 0.25) is 0 Å². The summed E-state index contributed by atoms with van der Waals surface area (Å²) in [6, 6.07) is 11.8. The molecule has 0 spiro atoms. The molecule has 0 aromatic heterocycles. The number of nitriles is 1. The van der Waals surface area contributed by atoms with Gasteiger partial charge in [0.15, 0.2) is 5.75 Å². The Balaban J connectivity index is 2.50. The summed E-state index contributed by atoms with van der Waals surface area (Å²) >= 11 is 0. The maximum absolute atomic E-state index is 11.0. The van der Waals surface area contributed by atoms with E-state index in [9.17, 15) is 25.5 Å². The second-order valence-electron chi connectivity index (χ2n) is 4.67. The highest BCUT2D eigenvalue weighted by molar-refractivity contribution is 5.90. The van der Waals surface area contributed by atoms with Crippen molar-refractivity contribution in [3.05, 3.63) is 73.8 Å². The van der Waals surface area contributed by atoms with Gasteiger partial charge in [0, 0.05) is 18.2 Å². The second-order valence-corrected chi connectivity index (χ2v) is 4.67. The topological polar surface area (TPSA) is 119 Å². The third kappa shape index (κ3) is 3.53. The molecule has 2 aromatic rings. The van der Waals surface area contributed by atoms with Crippen LogP contribution in [0.1, 0.15) is 11.1 Å². The molecule has 24 heavy (non-hydrogen) atoms. The molecule has 0 heterocycles. The molecule has 0 amide bonds. The van der Waals surface area contributed by atoms with Gasteiger partial charge in [-0.3, -0.25) is 20.2 Å². The van der Waals surface area contributed by atoms with Crippen molar-refractivity contribution in [2.24, 2.45) is 0 Å². The third-order valence-electron chi connectivity index (χ3n) is 3.20. The summed E-state index contributed by atoms with van der Waals surface area (Å²) in [7, 11) is 1.32. The molecule has 0 fully saturated rings. The molecule has 0 aliphatic carbocycles. The molecule has 0 saturated carbocycles. The number of nitrogens with zero attached hydrogens (tertiary/aromatic N) is 3. The summed E-state index contributed by atoms with van der Waals surface area (Å²) in [5, 5.41) is 31.2. The molecule has 120 valence electrons. The van der Waals surface area contributed by atoms with E-state index in [1.54, 1.807) is 12.1 Å². The van der Waals surface area contributed by atoms with Crippen LogP contribution in [0.4, 0.5) is 11.4 Å². The van der Waals surface area contributed by atoms with Crippen LogP contribution in [0.25, 0.3) is 11.6 Å². The average Bonchev–Trinajstić information content (AvgIpc) is 2.59. The zero-order chi connectivity index (χ0) is 17.7. The fourth-order valence-corrected chi connectivity index (χ4v) is 2.07. The first kappa shape index (κ1) is 16.6. The van der Waals surface area contributed by atoms with E-state index in [0.717, 1.165) is 0 Å². The maximum atomic E-state index is 11.0. The fraction of sp³-hybridized carbons (Fsp3) is 0.0625. The van der Waals surface area contributed by atoms with E-state index in [0.29, 0.717) is 11.1 Å². The largest absolute Gasteiger partial charge is 0.490 e. The lowest BCUT2D eigenvalue weighted by atomic mass is 10.0. The first-order valence-electron chi connectivity index (χ1n) is 6.65. The second kappa shape index (κ2) is 7.02. The fourth-order valence-electron chi connectivity index (χ4n) is 2.07. The number of nitro benzene ring substituents is 2. The van der Waals surface area contributed by atoms with Crippen molar-refractivity contribution in [3.8, 4) is 11.8 Å². The number of non-ortho nitro benzene ring substituents is 1. The Bertz CT molecular complexity index is 884. The highest BCUT2D eigenvalue weighted by Gasteiger charge is 2.15. The van der Waals surface area contributed by atoms with E-state index in [-0.39, 0.29) is 22.7 Å². The Labute approximate surface area is 136 Å². The molecular weight excluding hydrogens is 314 g/mol. The van der Waals surface area contributed by atoms with Gasteiger partial charge in [0.25, 0.3) is 5.69 Å². The van der Waals surface area contributed by atoms with Gasteiger partial charge in [-0.05, 0) is 23.3 Å². The molecule has 8 nitrogen and oxygen atoms in total. The molecule has 2 aromatic carbocycles. The Hall–Kier alpha value is -3.73. The Morgan fingerprint density at radius 1 is 1.17 bits per heavy atom. The highest BCUT2D eigenvalue weighted by atomic mass is 16.6. The number of nitro groups is 2. The summed E-state index contributed by atoms with van der Waals surface area (Å²) in [6.07, 6.45) is 1.42. The van der Waals surface area contributed by atoms with Crippen molar-refractivity contribution >= 4 is 23.0 Å². The lowest BCUT2D eigenvalue weighted by Gasteiger charge is -2.03. The first-order chi connectivity index (χ1) is 11.5. The number of ether oxygens (including phenoxy) is 1. The smallest absolute Gasteiger partial charge is 0.311 e. The zero-order valence-electron chi connectivity index (χ0n) is 12.5. The van der Waals surface area contributed by atoms with E-state index in [4.69, 9.17) is 4.74 Å². The molecular formula is C16H11N3O5. The highest BCUT2D eigenvalue weighted by Crippen LogP contribution is 2.29. The van der Waals surface area contributed by atoms with Crippen LogP contribution in [0.5, 0.6) is 5.75 Å².